The fourth-order valence-electron chi connectivity index (χ4n) is 1.64. The van der Waals surface area contributed by atoms with E-state index in [9.17, 15) is 4.79 Å². The Morgan fingerprint density at radius 1 is 1.17 bits per heavy atom. The number of aryl methyl sites for hydroxylation is 1. The normalized spacial score (nSPS) is 10.5. The van der Waals surface area contributed by atoms with Crippen molar-refractivity contribution in [2.75, 3.05) is 5.75 Å². The van der Waals surface area contributed by atoms with Crippen LogP contribution in [0.5, 0.6) is 0 Å². The quantitative estimate of drug-likeness (QED) is 0.838. The van der Waals surface area contributed by atoms with Gasteiger partial charge >= 0.3 is 0 Å². The van der Waals surface area contributed by atoms with Crippen molar-refractivity contribution >= 4 is 11.8 Å². The summed E-state index contributed by atoms with van der Waals surface area (Å²) >= 11 is 1.68. The SMILES string of the molecule is O=c1ccccn1CCSc1cccc(CO)c1. The van der Waals surface area contributed by atoms with Gasteiger partial charge in [-0.2, -0.15) is 0 Å². The first-order valence-electron chi connectivity index (χ1n) is 5.77. The van der Waals surface area contributed by atoms with Crippen LogP contribution in [0.3, 0.4) is 0 Å². The van der Waals surface area contributed by atoms with Crippen LogP contribution in [-0.4, -0.2) is 15.4 Å². The number of pyridine rings is 1. The minimum Gasteiger partial charge on any atom is -0.392 e. The molecule has 0 amide bonds. The molecule has 0 atom stereocenters. The fraction of sp³-hybridized carbons (Fsp3) is 0.214. The van der Waals surface area contributed by atoms with Crippen LogP contribution in [0.25, 0.3) is 0 Å². The Morgan fingerprint density at radius 2 is 2.06 bits per heavy atom. The molecular formula is C14H15NO2S. The lowest BCUT2D eigenvalue weighted by Gasteiger charge is -2.05. The van der Waals surface area contributed by atoms with Crippen molar-refractivity contribution in [3.8, 4) is 0 Å². The maximum Gasteiger partial charge on any atom is 0.250 e. The molecule has 1 N–H and O–H groups in total. The lowest BCUT2D eigenvalue weighted by Crippen LogP contribution is -2.18. The number of rotatable bonds is 5. The van der Waals surface area contributed by atoms with Crippen molar-refractivity contribution in [2.24, 2.45) is 0 Å². The predicted octanol–water partition coefficient (Wildman–Crippen LogP) is 2.13. The molecule has 1 aromatic heterocycles. The van der Waals surface area contributed by atoms with Gasteiger partial charge < -0.3 is 9.67 Å². The highest BCUT2D eigenvalue weighted by Gasteiger charge is 1.98. The van der Waals surface area contributed by atoms with Crippen molar-refractivity contribution in [3.63, 3.8) is 0 Å². The third-order valence-corrected chi connectivity index (χ3v) is 3.55. The average Bonchev–Trinajstić information content (AvgIpc) is 2.41. The molecule has 2 rings (SSSR count). The van der Waals surface area contributed by atoms with Crippen LogP contribution in [0, 0.1) is 0 Å². The van der Waals surface area contributed by atoms with Gasteiger partial charge in [-0.25, -0.2) is 0 Å². The number of aliphatic hydroxyl groups excluding tert-OH is 1. The Labute approximate surface area is 110 Å². The first kappa shape index (κ1) is 12.9. The van der Waals surface area contributed by atoms with E-state index in [-0.39, 0.29) is 12.2 Å². The summed E-state index contributed by atoms with van der Waals surface area (Å²) in [6.07, 6.45) is 1.80. The molecule has 0 aliphatic heterocycles. The van der Waals surface area contributed by atoms with E-state index in [0.717, 1.165) is 16.2 Å². The number of nitrogens with zero attached hydrogens (tertiary/aromatic N) is 1. The van der Waals surface area contributed by atoms with Crippen molar-refractivity contribution in [1.82, 2.24) is 4.57 Å². The molecule has 0 aliphatic carbocycles. The van der Waals surface area contributed by atoms with E-state index >= 15 is 0 Å². The maximum atomic E-state index is 11.5. The Kier molecular flexibility index (Phi) is 4.61. The van der Waals surface area contributed by atoms with E-state index in [1.165, 1.54) is 0 Å². The Bertz CT molecular complexity index is 565. The van der Waals surface area contributed by atoms with Crippen LogP contribution in [0.1, 0.15) is 5.56 Å². The minimum atomic E-state index is 0.0298. The van der Waals surface area contributed by atoms with Gasteiger partial charge in [0.1, 0.15) is 0 Å². The molecule has 0 radical (unpaired) electrons. The number of thioether (sulfide) groups is 1. The molecule has 18 heavy (non-hydrogen) atoms. The van der Waals surface area contributed by atoms with Crippen LogP contribution in [0.15, 0.2) is 58.4 Å². The second-order valence-electron chi connectivity index (χ2n) is 3.89. The highest BCUT2D eigenvalue weighted by molar-refractivity contribution is 7.99. The molecule has 3 nitrogen and oxygen atoms in total. The Morgan fingerprint density at radius 3 is 2.83 bits per heavy atom. The number of benzene rings is 1. The zero-order chi connectivity index (χ0) is 12.8. The fourth-order valence-corrected chi connectivity index (χ4v) is 2.57. The van der Waals surface area contributed by atoms with Crippen molar-refractivity contribution in [2.45, 2.75) is 18.0 Å². The highest BCUT2D eigenvalue weighted by atomic mass is 32.2. The van der Waals surface area contributed by atoms with E-state index in [2.05, 4.69) is 0 Å². The molecule has 0 unspecified atom stereocenters. The third-order valence-electron chi connectivity index (χ3n) is 2.58. The molecule has 0 bridgehead atoms. The topological polar surface area (TPSA) is 42.2 Å². The number of aromatic nitrogens is 1. The molecule has 1 heterocycles. The summed E-state index contributed by atoms with van der Waals surface area (Å²) in [5.74, 6) is 0.832. The largest absolute Gasteiger partial charge is 0.392 e. The van der Waals surface area contributed by atoms with Gasteiger partial charge in [0.05, 0.1) is 6.61 Å². The van der Waals surface area contributed by atoms with Crippen molar-refractivity contribution < 1.29 is 5.11 Å². The maximum absolute atomic E-state index is 11.5. The van der Waals surface area contributed by atoms with Crippen molar-refractivity contribution in [1.29, 1.82) is 0 Å². The number of aliphatic hydroxyl groups is 1. The zero-order valence-corrected chi connectivity index (χ0v) is 10.8. The van der Waals surface area contributed by atoms with E-state index in [1.54, 1.807) is 34.7 Å². The van der Waals surface area contributed by atoms with Gasteiger partial charge in [-0.15, -0.1) is 11.8 Å². The van der Waals surface area contributed by atoms with Crippen LogP contribution < -0.4 is 5.56 Å². The molecular weight excluding hydrogens is 246 g/mol. The summed E-state index contributed by atoms with van der Waals surface area (Å²) in [4.78, 5) is 12.6. The lowest BCUT2D eigenvalue weighted by atomic mass is 10.2. The summed E-state index contributed by atoms with van der Waals surface area (Å²) in [7, 11) is 0. The van der Waals surface area contributed by atoms with Gasteiger partial charge in [0, 0.05) is 29.5 Å². The second kappa shape index (κ2) is 6.42. The van der Waals surface area contributed by atoms with Crippen molar-refractivity contribution in [3.05, 3.63) is 64.6 Å². The molecule has 0 fully saturated rings. The highest BCUT2D eigenvalue weighted by Crippen LogP contribution is 2.19. The van der Waals surface area contributed by atoms with E-state index < -0.39 is 0 Å². The molecule has 0 saturated carbocycles. The van der Waals surface area contributed by atoms with Gasteiger partial charge in [-0.3, -0.25) is 4.79 Å². The summed E-state index contributed by atoms with van der Waals surface area (Å²) in [6.45, 7) is 0.750. The average molecular weight is 261 g/mol. The molecule has 1 aromatic carbocycles. The predicted molar refractivity (Wildman–Crippen MR) is 73.8 cm³/mol. The van der Waals surface area contributed by atoms with E-state index in [1.807, 2.05) is 30.3 Å². The van der Waals surface area contributed by atoms with E-state index in [0.29, 0.717) is 6.54 Å². The second-order valence-corrected chi connectivity index (χ2v) is 5.05. The first-order chi connectivity index (χ1) is 8.79. The summed E-state index contributed by atoms with van der Waals surface area (Å²) in [5, 5.41) is 9.05. The van der Waals surface area contributed by atoms with Gasteiger partial charge in [0.25, 0.3) is 5.56 Å². The van der Waals surface area contributed by atoms with Crippen LogP contribution in [0.4, 0.5) is 0 Å². The summed E-state index contributed by atoms with van der Waals surface area (Å²) < 4.78 is 1.70. The number of hydrogen-bond acceptors (Lipinski definition) is 3. The molecule has 0 spiro atoms. The van der Waals surface area contributed by atoms with Gasteiger partial charge in [-0.05, 0) is 23.8 Å². The van der Waals surface area contributed by atoms with Crippen LogP contribution in [0.2, 0.25) is 0 Å². The molecule has 0 saturated heterocycles. The standard InChI is InChI=1S/C14H15NO2S/c16-11-12-4-3-5-13(10-12)18-9-8-15-7-2-1-6-14(15)17/h1-7,10,16H,8-9,11H2. The van der Waals surface area contributed by atoms with Gasteiger partial charge in [0.15, 0.2) is 0 Å². The smallest absolute Gasteiger partial charge is 0.250 e. The third kappa shape index (κ3) is 3.48. The van der Waals surface area contributed by atoms with Crippen LogP contribution >= 0.6 is 11.8 Å². The van der Waals surface area contributed by atoms with Gasteiger partial charge in [-0.1, -0.05) is 18.2 Å². The molecule has 0 aliphatic rings. The molecule has 4 heteroatoms. The monoisotopic (exact) mass is 261 g/mol. The zero-order valence-electron chi connectivity index (χ0n) is 9.95. The Hall–Kier alpha value is -1.52. The lowest BCUT2D eigenvalue weighted by molar-refractivity contribution is 0.281. The van der Waals surface area contributed by atoms with Gasteiger partial charge in [0.2, 0.25) is 0 Å². The summed E-state index contributed by atoms with van der Waals surface area (Å²) in [5.41, 5.74) is 0.944. The first-order valence-corrected chi connectivity index (χ1v) is 6.76. The Balaban J connectivity index is 1.92. The summed E-state index contributed by atoms with van der Waals surface area (Å²) in [6, 6.07) is 13.0. The molecule has 2 aromatic rings. The van der Waals surface area contributed by atoms with E-state index in [4.69, 9.17) is 5.11 Å². The molecule has 94 valence electrons. The minimum absolute atomic E-state index is 0.0298. The van der Waals surface area contributed by atoms with Crippen LogP contribution in [-0.2, 0) is 13.2 Å². The number of hydrogen-bond donors (Lipinski definition) is 1.